The molecule has 0 unspecified atom stereocenters. The summed E-state index contributed by atoms with van der Waals surface area (Å²) in [4.78, 5) is 26.6. The molecule has 1 amide bonds. The van der Waals surface area contributed by atoms with Crippen LogP contribution in [0.15, 0.2) is 59.1 Å². The van der Waals surface area contributed by atoms with Crippen LogP contribution in [-0.2, 0) is 22.2 Å². The predicted molar refractivity (Wildman–Crippen MR) is 113 cm³/mol. The Morgan fingerprint density at radius 3 is 2.27 bits per heavy atom. The summed E-state index contributed by atoms with van der Waals surface area (Å²) in [5.41, 5.74) is 0.742. The molecule has 1 fully saturated rings. The highest BCUT2D eigenvalue weighted by atomic mass is 79.9. The van der Waals surface area contributed by atoms with Crippen LogP contribution in [0.2, 0.25) is 0 Å². The third-order valence-corrected chi connectivity index (χ3v) is 5.94. The van der Waals surface area contributed by atoms with Gasteiger partial charge in [-0.05, 0) is 48.2 Å². The van der Waals surface area contributed by atoms with Crippen molar-refractivity contribution in [1.29, 1.82) is 0 Å². The number of carbonyl (C=O) groups is 2. The standard InChI is InChI=1S/C23H21BrF3NO2/c24-20-4-2-1-3-17(20)7-10-21(29)18-11-13-28(14-12-18)22(30)15-16-5-8-19(9-6-16)23(25,26)27/h1-10,18H,11-15H2/b10-7+. The number of piperidine rings is 1. The Morgan fingerprint density at radius 1 is 1.03 bits per heavy atom. The minimum Gasteiger partial charge on any atom is -0.342 e. The molecule has 0 aliphatic carbocycles. The summed E-state index contributed by atoms with van der Waals surface area (Å²) < 4.78 is 38.8. The SMILES string of the molecule is O=C(/C=C/c1ccccc1Br)C1CCN(C(=O)Cc2ccc(C(F)(F)F)cc2)CC1. The number of amides is 1. The average Bonchev–Trinajstić information content (AvgIpc) is 2.73. The van der Waals surface area contributed by atoms with Gasteiger partial charge in [0.05, 0.1) is 12.0 Å². The van der Waals surface area contributed by atoms with Crippen molar-refractivity contribution in [2.45, 2.75) is 25.4 Å². The quantitative estimate of drug-likeness (QED) is 0.528. The van der Waals surface area contributed by atoms with Crippen LogP contribution in [0.3, 0.4) is 0 Å². The molecule has 0 N–H and O–H groups in total. The van der Waals surface area contributed by atoms with Crippen molar-refractivity contribution in [3.8, 4) is 0 Å². The minimum absolute atomic E-state index is 0.0422. The second kappa shape index (κ2) is 9.60. The number of alkyl halides is 3. The van der Waals surface area contributed by atoms with E-state index in [0.717, 1.165) is 22.2 Å². The Bertz CT molecular complexity index is 930. The van der Waals surface area contributed by atoms with Gasteiger partial charge in [-0.15, -0.1) is 0 Å². The summed E-state index contributed by atoms with van der Waals surface area (Å²) >= 11 is 3.44. The fraction of sp³-hybridized carbons (Fsp3) is 0.304. The smallest absolute Gasteiger partial charge is 0.342 e. The van der Waals surface area contributed by atoms with Gasteiger partial charge >= 0.3 is 6.18 Å². The molecule has 0 atom stereocenters. The topological polar surface area (TPSA) is 37.4 Å². The van der Waals surface area contributed by atoms with Crippen LogP contribution in [0.5, 0.6) is 0 Å². The number of rotatable bonds is 5. The number of hydrogen-bond donors (Lipinski definition) is 0. The lowest BCUT2D eigenvalue weighted by atomic mass is 9.91. The monoisotopic (exact) mass is 479 g/mol. The fourth-order valence-electron chi connectivity index (χ4n) is 3.43. The number of allylic oxidation sites excluding steroid dienone is 1. The van der Waals surface area contributed by atoms with Crippen molar-refractivity contribution in [2.75, 3.05) is 13.1 Å². The third-order valence-electron chi connectivity index (χ3n) is 5.22. The van der Waals surface area contributed by atoms with Crippen LogP contribution in [0.1, 0.15) is 29.5 Å². The van der Waals surface area contributed by atoms with Gasteiger partial charge < -0.3 is 4.90 Å². The van der Waals surface area contributed by atoms with Gasteiger partial charge in [-0.1, -0.05) is 52.3 Å². The lowest BCUT2D eigenvalue weighted by molar-refractivity contribution is -0.137. The zero-order valence-electron chi connectivity index (χ0n) is 16.2. The van der Waals surface area contributed by atoms with E-state index < -0.39 is 11.7 Å². The van der Waals surface area contributed by atoms with Crippen molar-refractivity contribution in [3.05, 3.63) is 75.8 Å². The first-order chi connectivity index (χ1) is 14.2. The second-order valence-corrected chi connectivity index (χ2v) is 8.14. The van der Waals surface area contributed by atoms with Gasteiger partial charge in [0.1, 0.15) is 0 Å². The number of carbonyl (C=O) groups excluding carboxylic acids is 2. The van der Waals surface area contributed by atoms with Crippen LogP contribution in [-0.4, -0.2) is 29.7 Å². The van der Waals surface area contributed by atoms with Crippen molar-refractivity contribution < 1.29 is 22.8 Å². The molecule has 0 spiro atoms. The van der Waals surface area contributed by atoms with Gasteiger partial charge in [0.15, 0.2) is 5.78 Å². The molecule has 2 aromatic carbocycles. The van der Waals surface area contributed by atoms with E-state index in [4.69, 9.17) is 0 Å². The van der Waals surface area contributed by atoms with E-state index >= 15 is 0 Å². The molecule has 1 aliphatic heterocycles. The number of nitrogens with zero attached hydrogens (tertiary/aromatic N) is 1. The molecule has 0 aromatic heterocycles. The lowest BCUT2D eigenvalue weighted by Crippen LogP contribution is -2.40. The highest BCUT2D eigenvalue weighted by molar-refractivity contribution is 9.10. The van der Waals surface area contributed by atoms with Crippen LogP contribution in [0.4, 0.5) is 13.2 Å². The van der Waals surface area contributed by atoms with Crippen molar-refractivity contribution in [2.24, 2.45) is 5.92 Å². The molecule has 3 rings (SSSR count). The van der Waals surface area contributed by atoms with Crippen molar-refractivity contribution in [1.82, 2.24) is 4.90 Å². The van der Waals surface area contributed by atoms with Gasteiger partial charge in [0.25, 0.3) is 0 Å². The zero-order valence-corrected chi connectivity index (χ0v) is 17.7. The normalized spacial score (nSPS) is 15.5. The third kappa shape index (κ3) is 5.81. The van der Waals surface area contributed by atoms with Crippen LogP contribution in [0, 0.1) is 5.92 Å². The van der Waals surface area contributed by atoms with Gasteiger partial charge in [-0.2, -0.15) is 13.2 Å². The fourth-order valence-corrected chi connectivity index (χ4v) is 3.85. The molecular formula is C23H21BrF3NO2. The Labute approximate surface area is 181 Å². The molecule has 2 aromatic rings. The highest BCUT2D eigenvalue weighted by Crippen LogP contribution is 2.29. The molecular weight excluding hydrogens is 459 g/mol. The molecule has 0 radical (unpaired) electrons. The molecule has 1 aliphatic rings. The van der Waals surface area contributed by atoms with Gasteiger partial charge in [-0.3, -0.25) is 9.59 Å². The maximum atomic E-state index is 12.6. The van der Waals surface area contributed by atoms with Crippen LogP contribution < -0.4 is 0 Å². The first-order valence-corrected chi connectivity index (χ1v) is 10.4. The van der Waals surface area contributed by atoms with E-state index in [1.807, 2.05) is 24.3 Å². The summed E-state index contributed by atoms with van der Waals surface area (Å²) in [6, 6.07) is 12.3. The highest BCUT2D eigenvalue weighted by Gasteiger charge is 2.30. The first-order valence-electron chi connectivity index (χ1n) is 9.64. The summed E-state index contributed by atoms with van der Waals surface area (Å²) in [6.45, 7) is 0.942. The Morgan fingerprint density at radius 2 is 1.67 bits per heavy atom. The maximum Gasteiger partial charge on any atom is 0.416 e. The van der Waals surface area contributed by atoms with Crippen LogP contribution in [0.25, 0.3) is 6.08 Å². The van der Waals surface area contributed by atoms with E-state index in [1.165, 1.54) is 12.1 Å². The summed E-state index contributed by atoms with van der Waals surface area (Å²) in [6.07, 6.45) is 0.204. The largest absolute Gasteiger partial charge is 0.416 e. The van der Waals surface area contributed by atoms with Crippen molar-refractivity contribution >= 4 is 33.7 Å². The predicted octanol–water partition coefficient (Wildman–Crippen LogP) is 5.53. The molecule has 0 bridgehead atoms. The molecule has 1 heterocycles. The van der Waals surface area contributed by atoms with Gasteiger partial charge in [0, 0.05) is 23.5 Å². The van der Waals surface area contributed by atoms with Gasteiger partial charge in [0.2, 0.25) is 5.91 Å². The van der Waals surface area contributed by atoms with E-state index in [0.29, 0.717) is 31.5 Å². The molecule has 7 heteroatoms. The maximum absolute atomic E-state index is 12.6. The molecule has 3 nitrogen and oxygen atoms in total. The van der Waals surface area contributed by atoms with E-state index in [2.05, 4.69) is 15.9 Å². The van der Waals surface area contributed by atoms with Gasteiger partial charge in [-0.25, -0.2) is 0 Å². The Hall–Kier alpha value is -2.41. The Kier molecular flexibility index (Phi) is 7.13. The minimum atomic E-state index is -4.39. The summed E-state index contributed by atoms with van der Waals surface area (Å²) in [7, 11) is 0. The second-order valence-electron chi connectivity index (χ2n) is 7.28. The number of benzene rings is 2. The summed E-state index contributed by atoms with van der Waals surface area (Å²) in [5, 5.41) is 0. The number of ketones is 1. The number of hydrogen-bond acceptors (Lipinski definition) is 2. The average molecular weight is 480 g/mol. The van der Waals surface area contributed by atoms with E-state index in [-0.39, 0.29) is 24.0 Å². The van der Waals surface area contributed by atoms with E-state index in [1.54, 1.807) is 17.1 Å². The first kappa shape index (κ1) is 22.3. The lowest BCUT2D eigenvalue weighted by Gasteiger charge is -2.31. The van der Waals surface area contributed by atoms with Crippen LogP contribution >= 0.6 is 15.9 Å². The summed E-state index contributed by atoms with van der Waals surface area (Å²) in [5.74, 6) is -0.219. The molecule has 158 valence electrons. The number of halogens is 4. The molecule has 1 saturated heterocycles. The Balaban J connectivity index is 1.50. The zero-order chi connectivity index (χ0) is 21.7. The van der Waals surface area contributed by atoms with E-state index in [9.17, 15) is 22.8 Å². The number of likely N-dealkylation sites (tertiary alicyclic amines) is 1. The van der Waals surface area contributed by atoms with Crippen molar-refractivity contribution in [3.63, 3.8) is 0 Å². The molecule has 0 saturated carbocycles. The molecule has 30 heavy (non-hydrogen) atoms.